The van der Waals surface area contributed by atoms with E-state index in [1.165, 1.54) is 24.0 Å². The first-order chi connectivity index (χ1) is 22.7. The third-order valence-corrected chi connectivity index (χ3v) is 8.42. The molecule has 2 saturated carbocycles. The molecular weight excluding hydrogens is 592 g/mol. The molecule has 0 saturated heterocycles. The first-order valence-electron chi connectivity index (χ1n) is 16.4. The molecule has 2 aromatic heterocycles. The number of rotatable bonds is 8. The zero-order chi connectivity index (χ0) is 34.0. The standard InChI is InChI=1S/C28H27N3O2.C5H9NO2.C4H8.CH4O/c1-17-6-8-20(9-7-17)26-27-24(19(3)16-33-27)15-23(31-26)10-12-30-28(32)22-13-18(2)25-21(14-22)5-4-11-29-25;7-4-6-3-5(8)1-2-5;1-4-2-3-4;1-2/h4-9,11,13-15,19H,10,12,16H2,1-3H3,(H,30,32);4,8H,1-3H2,(H,6,7);4H,2-3H2,1H3;2H,1H3. The number of nitrogens with one attached hydrogen (secondary N) is 2. The van der Waals surface area contributed by atoms with Crippen LogP contribution in [0.15, 0.2) is 60.8 Å². The second-order valence-electron chi connectivity index (χ2n) is 12.7. The van der Waals surface area contributed by atoms with Crippen LogP contribution in [0.5, 0.6) is 5.75 Å². The summed E-state index contributed by atoms with van der Waals surface area (Å²) in [7, 11) is 1.00. The van der Waals surface area contributed by atoms with E-state index < -0.39 is 5.60 Å². The Morgan fingerprint density at radius 2 is 1.77 bits per heavy atom. The average molecular weight is 641 g/mol. The molecule has 2 fully saturated rings. The van der Waals surface area contributed by atoms with Crippen LogP contribution in [0.2, 0.25) is 0 Å². The van der Waals surface area contributed by atoms with Crippen molar-refractivity contribution in [3.05, 3.63) is 88.7 Å². The first-order valence-corrected chi connectivity index (χ1v) is 16.4. The predicted octanol–water partition coefficient (Wildman–Crippen LogP) is 5.66. The molecule has 1 atom stereocenters. The van der Waals surface area contributed by atoms with E-state index in [-0.39, 0.29) is 5.91 Å². The minimum absolute atomic E-state index is 0.0829. The number of aromatic nitrogens is 2. The smallest absolute Gasteiger partial charge is 0.251 e. The van der Waals surface area contributed by atoms with Gasteiger partial charge in [-0.1, -0.05) is 62.6 Å². The van der Waals surface area contributed by atoms with Gasteiger partial charge in [-0.05, 0) is 62.4 Å². The fraction of sp³-hybridized carbons (Fsp3) is 0.421. The number of fused-ring (bicyclic) bond motifs is 2. The van der Waals surface area contributed by atoms with Gasteiger partial charge in [-0.25, -0.2) is 4.98 Å². The molecule has 47 heavy (non-hydrogen) atoms. The van der Waals surface area contributed by atoms with Crippen molar-refractivity contribution >= 4 is 23.2 Å². The summed E-state index contributed by atoms with van der Waals surface area (Å²) >= 11 is 0. The van der Waals surface area contributed by atoms with Crippen LogP contribution in [0.3, 0.4) is 0 Å². The number of nitrogens with zero attached hydrogens (tertiary/aromatic N) is 2. The van der Waals surface area contributed by atoms with E-state index in [4.69, 9.17) is 19.9 Å². The summed E-state index contributed by atoms with van der Waals surface area (Å²) in [6, 6.07) is 18.2. The van der Waals surface area contributed by atoms with Gasteiger partial charge in [0.1, 0.15) is 11.4 Å². The molecular formula is C38H48N4O5. The van der Waals surface area contributed by atoms with Crippen LogP contribution in [0.25, 0.3) is 22.2 Å². The minimum atomic E-state index is -0.541. The van der Waals surface area contributed by atoms with Gasteiger partial charge in [-0.2, -0.15) is 0 Å². The lowest BCUT2D eigenvalue weighted by atomic mass is 9.99. The second kappa shape index (κ2) is 16.5. The van der Waals surface area contributed by atoms with Gasteiger partial charge in [0, 0.05) is 66.5 Å². The van der Waals surface area contributed by atoms with Crippen molar-refractivity contribution in [1.29, 1.82) is 0 Å². The Morgan fingerprint density at radius 1 is 1.06 bits per heavy atom. The van der Waals surface area contributed by atoms with Crippen LogP contribution in [-0.4, -0.2) is 64.9 Å². The highest BCUT2D eigenvalue weighted by molar-refractivity contribution is 5.98. The van der Waals surface area contributed by atoms with Crippen molar-refractivity contribution in [3.63, 3.8) is 0 Å². The number of aliphatic hydroxyl groups is 2. The number of hydrogen-bond donors (Lipinski definition) is 4. The fourth-order valence-corrected chi connectivity index (χ4v) is 5.09. The summed E-state index contributed by atoms with van der Waals surface area (Å²) in [6.45, 7) is 10.1. The van der Waals surface area contributed by atoms with Crippen LogP contribution < -0.4 is 15.4 Å². The molecule has 2 aliphatic carbocycles. The molecule has 2 aromatic carbocycles. The third-order valence-electron chi connectivity index (χ3n) is 8.42. The molecule has 9 heteroatoms. The number of pyridine rings is 2. The summed E-state index contributed by atoms with van der Waals surface area (Å²) in [5.41, 5.74) is 7.33. The molecule has 4 aromatic rings. The second-order valence-corrected chi connectivity index (χ2v) is 12.7. The van der Waals surface area contributed by atoms with Crippen molar-refractivity contribution in [1.82, 2.24) is 20.6 Å². The van der Waals surface area contributed by atoms with E-state index >= 15 is 0 Å². The van der Waals surface area contributed by atoms with Gasteiger partial charge in [-0.3, -0.25) is 14.6 Å². The van der Waals surface area contributed by atoms with Gasteiger partial charge >= 0.3 is 0 Å². The number of carbonyl (C=O) groups excluding carboxylic acids is 2. The monoisotopic (exact) mass is 640 g/mol. The zero-order valence-corrected chi connectivity index (χ0v) is 28.2. The van der Waals surface area contributed by atoms with Crippen LogP contribution in [-0.2, 0) is 11.2 Å². The maximum atomic E-state index is 12.8. The SMILES string of the molecule is CC1CC1.CO.Cc1ccc(-c2nc(CCNC(=O)c3cc(C)c4ncccc4c3)cc3c2OCC3C)cc1.O=CNCC1(O)CC1. The zero-order valence-electron chi connectivity index (χ0n) is 28.2. The quantitative estimate of drug-likeness (QED) is 0.183. The first kappa shape index (κ1) is 35.5. The van der Waals surface area contributed by atoms with Gasteiger partial charge in [0.25, 0.3) is 5.91 Å². The number of ether oxygens (including phenoxy) is 1. The summed E-state index contributed by atoms with van der Waals surface area (Å²) < 4.78 is 5.99. The number of aryl methyl sites for hydroxylation is 2. The van der Waals surface area contributed by atoms with Gasteiger partial charge in [0.2, 0.25) is 6.41 Å². The van der Waals surface area contributed by atoms with Gasteiger partial charge < -0.3 is 25.6 Å². The molecule has 1 unspecified atom stereocenters. The Kier molecular flexibility index (Phi) is 12.4. The highest BCUT2D eigenvalue weighted by Crippen LogP contribution is 2.41. The van der Waals surface area contributed by atoms with Gasteiger partial charge in [0.15, 0.2) is 0 Å². The van der Waals surface area contributed by atoms with Crippen molar-refractivity contribution in [2.24, 2.45) is 5.92 Å². The van der Waals surface area contributed by atoms with E-state index in [1.54, 1.807) is 6.20 Å². The lowest BCUT2D eigenvalue weighted by Gasteiger charge is -2.12. The number of hydrogen-bond acceptors (Lipinski definition) is 7. The number of benzene rings is 2. The predicted molar refractivity (Wildman–Crippen MR) is 186 cm³/mol. The molecule has 9 nitrogen and oxygen atoms in total. The Balaban J connectivity index is 0.000000296. The van der Waals surface area contributed by atoms with Crippen LogP contribution in [0, 0.1) is 19.8 Å². The molecule has 1 aliphatic heterocycles. The molecule has 7 rings (SSSR count). The molecule has 250 valence electrons. The Bertz CT molecular complexity index is 1650. The summed E-state index contributed by atoms with van der Waals surface area (Å²) in [5, 5.41) is 22.5. The maximum absolute atomic E-state index is 12.8. The van der Waals surface area contributed by atoms with Crippen molar-refractivity contribution in [3.8, 4) is 17.0 Å². The highest BCUT2D eigenvalue weighted by Gasteiger charge is 2.39. The molecule has 0 bridgehead atoms. The Morgan fingerprint density at radius 3 is 2.40 bits per heavy atom. The molecule has 0 radical (unpaired) electrons. The lowest BCUT2D eigenvalue weighted by molar-refractivity contribution is -0.110. The normalized spacial score (nSPS) is 16.4. The number of amides is 2. The van der Waals surface area contributed by atoms with Crippen molar-refractivity contribution in [2.45, 2.75) is 71.3 Å². The highest BCUT2D eigenvalue weighted by atomic mass is 16.5. The minimum Gasteiger partial charge on any atom is -0.490 e. The summed E-state index contributed by atoms with van der Waals surface area (Å²) in [5.74, 6) is 2.22. The van der Waals surface area contributed by atoms with Crippen LogP contribution >= 0.6 is 0 Å². The number of aliphatic hydroxyl groups excluding tert-OH is 1. The van der Waals surface area contributed by atoms with E-state index in [2.05, 4.69) is 66.7 Å². The van der Waals surface area contributed by atoms with Gasteiger partial charge in [0.05, 0.1) is 17.7 Å². The van der Waals surface area contributed by atoms with E-state index in [0.29, 0.717) is 44.0 Å². The topological polar surface area (TPSA) is 134 Å². The Hall–Kier alpha value is -4.34. The van der Waals surface area contributed by atoms with Crippen molar-refractivity contribution < 1.29 is 24.5 Å². The molecule has 0 spiro atoms. The van der Waals surface area contributed by atoms with Gasteiger partial charge in [-0.15, -0.1) is 0 Å². The molecule has 2 amide bonds. The van der Waals surface area contributed by atoms with Crippen molar-refractivity contribution in [2.75, 3.05) is 26.8 Å². The average Bonchev–Trinajstić information content (AvgIpc) is 4.01. The summed E-state index contributed by atoms with van der Waals surface area (Å²) in [6.07, 6.45) is 7.66. The van der Waals surface area contributed by atoms with E-state index in [9.17, 15) is 9.59 Å². The molecule has 3 heterocycles. The van der Waals surface area contributed by atoms with E-state index in [0.717, 1.165) is 65.0 Å². The van der Waals surface area contributed by atoms with Crippen LogP contribution in [0.1, 0.15) is 78.2 Å². The van der Waals surface area contributed by atoms with E-state index in [1.807, 2.05) is 31.2 Å². The maximum Gasteiger partial charge on any atom is 0.251 e. The summed E-state index contributed by atoms with van der Waals surface area (Å²) in [4.78, 5) is 31.8. The molecule has 4 N–H and O–H groups in total. The fourth-order valence-electron chi connectivity index (χ4n) is 5.09. The molecule has 3 aliphatic rings. The number of carbonyl (C=O) groups is 2. The Labute approximate surface area is 277 Å². The third kappa shape index (κ3) is 10.1. The lowest BCUT2D eigenvalue weighted by Crippen LogP contribution is -2.26. The largest absolute Gasteiger partial charge is 0.490 e. The van der Waals surface area contributed by atoms with Crippen LogP contribution in [0.4, 0.5) is 0 Å².